The van der Waals surface area contributed by atoms with E-state index in [4.69, 9.17) is 23.7 Å². The van der Waals surface area contributed by atoms with Gasteiger partial charge in [0.2, 0.25) is 0 Å². The lowest BCUT2D eigenvalue weighted by Crippen LogP contribution is -2.60. The molecule has 1 fully saturated rings. The zero-order valence-electron chi connectivity index (χ0n) is 16.0. The Labute approximate surface area is 175 Å². The van der Waals surface area contributed by atoms with Crippen molar-refractivity contribution in [1.29, 1.82) is 0 Å². The molecule has 10 heteroatoms. The average Bonchev–Trinajstić information content (AvgIpc) is 2.65. The SMILES string of the molecule is CC(=O)O[C@@H]1[C@@H](OC(C)=O)[C@@H](Br)O[C@H](COC(=O)c2ccccc2)[C@H]1OC(C)=O. The minimum absolute atomic E-state index is 0.293. The summed E-state index contributed by atoms with van der Waals surface area (Å²) in [6.07, 6.45) is -4.40. The molecule has 0 spiro atoms. The van der Waals surface area contributed by atoms with Crippen LogP contribution in [0.3, 0.4) is 0 Å². The first-order valence-corrected chi connectivity index (χ1v) is 9.64. The predicted molar refractivity (Wildman–Crippen MR) is 101 cm³/mol. The molecule has 1 saturated heterocycles. The van der Waals surface area contributed by atoms with Gasteiger partial charge in [0.1, 0.15) is 12.7 Å². The quantitative estimate of drug-likeness (QED) is 0.346. The molecular weight excluding hydrogens is 452 g/mol. The van der Waals surface area contributed by atoms with Crippen LogP contribution < -0.4 is 0 Å². The van der Waals surface area contributed by atoms with E-state index in [0.29, 0.717) is 5.56 Å². The van der Waals surface area contributed by atoms with Crippen molar-refractivity contribution in [3.63, 3.8) is 0 Å². The molecule has 0 radical (unpaired) electrons. The first kappa shape index (κ1) is 22.8. The number of esters is 4. The summed E-state index contributed by atoms with van der Waals surface area (Å²) in [5, 5.41) is -0.900. The Morgan fingerprint density at radius 1 is 0.862 bits per heavy atom. The van der Waals surface area contributed by atoms with Crippen molar-refractivity contribution in [2.75, 3.05) is 6.61 Å². The molecule has 0 bridgehead atoms. The van der Waals surface area contributed by atoms with Crippen LogP contribution in [0, 0.1) is 0 Å². The van der Waals surface area contributed by atoms with Crippen molar-refractivity contribution < 1.29 is 42.9 Å². The molecule has 158 valence electrons. The number of benzene rings is 1. The van der Waals surface area contributed by atoms with Crippen molar-refractivity contribution in [3.8, 4) is 0 Å². The van der Waals surface area contributed by atoms with E-state index in [9.17, 15) is 19.2 Å². The number of hydrogen-bond donors (Lipinski definition) is 0. The van der Waals surface area contributed by atoms with Crippen LogP contribution in [0.1, 0.15) is 31.1 Å². The van der Waals surface area contributed by atoms with E-state index in [2.05, 4.69) is 15.9 Å². The summed E-state index contributed by atoms with van der Waals surface area (Å²) in [6, 6.07) is 8.29. The van der Waals surface area contributed by atoms with E-state index < -0.39 is 53.3 Å². The van der Waals surface area contributed by atoms with E-state index in [1.54, 1.807) is 30.3 Å². The Hall–Kier alpha value is -2.46. The van der Waals surface area contributed by atoms with Crippen LogP contribution in [-0.4, -0.2) is 59.9 Å². The lowest BCUT2D eigenvalue weighted by molar-refractivity contribution is -0.234. The highest BCUT2D eigenvalue weighted by Gasteiger charge is 2.51. The molecule has 0 N–H and O–H groups in total. The minimum Gasteiger partial charge on any atom is -0.459 e. The second-order valence-electron chi connectivity index (χ2n) is 6.21. The third kappa shape index (κ3) is 6.53. The maximum absolute atomic E-state index is 12.2. The summed E-state index contributed by atoms with van der Waals surface area (Å²) in [5.41, 5.74) is 0.331. The summed E-state index contributed by atoms with van der Waals surface area (Å²) in [7, 11) is 0. The van der Waals surface area contributed by atoms with Crippen LogP contribution in [0.2, 0.25) is 0 Å². The Morgan fingerprint density at radius 2 is 1.38 bits per heavy atom. The number of halogens is 1. The van der Waals surface area contributed by atoms with Gasteiger partial charge in [-0.1, -0.05) is 34.1 Å². The molecule has 9 nitrogen and oxygen atoms in total. The Bertz CT molecular complexity index is 751. The number of ether oxygens (including phenoxy) is 5. The van der Waals surface area contributed by atoms with Crippen molar-refractivity contribution in [1.82, 2.24) is 0 Å². The molecule has 0 amide bonds. The average molecular weight is 473 g/mol. The van der Waals surface area contributed by atoms with Crippen LogP contribution in [0.4, 0.5) is 0 Å². The lowest BCUT2D eigenvalue weighted by Gasteiger charge is -2.42. The third-order valence-corrected chi connectivity index (χ3v) is 4.61. The van der Waals surface area contributed by atoms with Crippen molar-refractivity contribution in [3.05, 3.63) is 35.9 Å². The van der Waals surface area contributed by atoms with Crippen LogP contribution in [0.25, 0.3) is 0 Å². The van der Waals surface area contributed by atoms with Crippen molar-refractivity contribution >= 4 is 39.8 Å². The summed E-state index contributed by atoms with van der Waals surface area (Å²) >= 11 is 3.23. The predicted octanol–water partition coefficient (Wildman–Crippen LogP) is 1.76. The standard InChI is InChI=1S/C19H21BrO9/c1-10(21)26-15-14(9-25-19(24)13-7-5-4-6-8-13)29-18(20)17(28-12(3)23)16(15)27-11(2)22/h4-8,14-18H,9H2,1-3H3/t14-,15-,16+,17-,18+/m1/s1. The summed E-state index contributed by atoms with van der Waals surface area (Å²) in [6.45, 7) is 3.22. The van der Waals surface area contributed by atoms with E-state index >= 15 is 0 Å². The van der Waals surface area contributed by atoms with Gasteiger partial charge in [-0.2, -0.15) is 0 Å². The highest BCUT2D eigenvalue weighted by molar-refractivity contribution is 9.09. The number of alkyl halides is 1. The summed E-state index contributed by atoms with van der Waals surface area (Å²) in [4.78, 5) is 46.9. The molecular formula is C19H21BrO9. The minimum atomic E-state index is -1.17. The van der Waals surface area contributed by atoms with Gasteiger partial charge in [-0.05, 0) is 12.1 Å². The molecule has 0 unspecified atom stereocenters. The molecule has 2 rings (SSSR count). The molecule has 0 saturated carbocycles. The van der Waals surface area contributed by atoms with E-state index in [1.165, 1.54) is 20.8 Å². The number of carbonyl (C=O) groups is 4. The highest BCUT2D eigenvalue weighted by atomic mass is 79.9. The number of rotatable bonds is 6. The van der Waals surface area contributed by atoms with Gasteiger partial charge in [-0.25, -0.2) is 4.79 Å². The Kier molecular flexibility index (Phi) is 8.15. The molecule has 1 aliphatic rings. The van der Waals surface area contributed by atoms with Crippen LogP contribution in [0.15, 0.2) is 30.3 Å². The molecule has 1 heterocycles. The fourth-order valence-corrected chi connectivity index (χ4v) is 3.48. The molecule has 0 aliphatic carbocycles. The largest absolute Gasteiger partial charge is 0.459 e. The number of carbonyl (C=O) groups excluding carboxylic acids is 4. The molecule has 1 aromatic carbocycles. The van der Waals surface area contributed by atoms with Gasteiger partial charge >= 0.3 is 23.9 Å². The number of hydrogen-bond acceptors (Lipinski definition) is 9. The van der Waals surface area contributed by atoms with E-state index in [-0.39, 0.29) is 6.61 Å². The van der Waals surface area contributed by atoms with Crippen molar-refractivity contribution in [2.24, 2.45) is 0 Å². The molecule has 1 aliphatic heterocycles. The second kappa shape index (κ2) is 10.4. The summed E-state index contributed by atoms with van der Waals surface area (Å²) in [5.74, 6) is -2.60. The van der Waals surface area contributed by atoms with E-state index in [0.717, 1.165) is 0 Å². The normalized spacial score (nSPS) is 26.1. The summed E-state index contributed by atoms with van der Waals surface area (Å²) < 4.78 is 26.7. The fourth-order valence-electron chi connectivity index (χ4n) is 2.79. The first-order chi connectivity index (χ1) is 13.7. The molecule has 5 atom stereocenters. The maximum Gasteiger partial charge on any atom is 0.338 e. The smallest absolute Gasteiger partial charge is 0.338 e. The zero-order chi connectivity index (χ0) is 21.6. The van der Waals surface area contributed by atoms with Gasteiger partial charge in [0.05, 0.1) is 5.56 Å². The Morgan fingerprint density at radius 3 is 1.93 bits per heavy atom. The monoisotopic (exact) mass is 472 g/mol. The van der Waals surface area contributed by atoms with E-state index in [1.807, 2.05) is 0 Å². The maximum atomic E-state index is 12.2. The Balaban J connectivity index is 2.22. The van der Waals surface area contributed by atoms with Crippen LogP contribution >= 0.6 is 15.9 Å². The van der Waals surface area contributed by atoms with Gasteiger partial charge in [-0.3, -0.25) is 14.4 Å². The second-order valence-corrected chi connectivity index (χ2v) is 7.11. The van der Waals surface area contributed by atoms with Gasteiger partial charge in [0, 0.05) is 20.8 Å². The fraction of sp³-hybridized carbons (Fsp3) is 0.474. The van der Waals surface area contributed by atoms with Crippen molar-refractivity contribution in [2.45, 2.75) is 50.2 Å². The highest BCUT2D eigenvalue weighted by Crippen LogP contribution is 2.31. The zero-order valence-corrected chi connectivity index (χ0v) is 17.6. The van der Waals surface area contributed by atoms with Gasteiger partial charge in [-0.15, -0.1) is 0 Å². The van der Waals surface area contributed by atoms with Crippen LogP contribution in [-0.2, 0) is 38.1 Å². The van der Waals surface area contributed by atoms with Gasteiger partial charge in [0.15, 0.2) is 23.3 Å². The first-order valence-electron chi connectivity index (χ1n) is 8.72. The third-order valence-electron chi connectivity index (χ3n) is 3.87. The van der Waals surface area contributed by atoms with Gasteiger partial charge in [0.25, 0.3) is 0 Å². The lowest BCUT2D eigenvalue weighted by atomic mass is 9.99. The van der Waals surface area contributed by atoms with Crippen LogP contribution in [0.5, 0.6) is 0 Å². The molecule has 29 heavy (non-hydrogen) atoms. The molecule has 0 aromatic heterocycles. The van der Waals surface area contributed by atoms with Gasteiger partial charge < -0.3 is 23.7 Å². The molecule has 1 aromatic rings. The topological polar surface area (TPSA) is 114 Å².